The predicted molar refractivity (Wildman–Crippen MR) is 67.9 cm³/mol. The lowest BCUT2D eigenvalue weighted by atomic mass is 9.95. The molecule has 3 nitrogen and oxygen atoms in total. The zero-order valence-corrected chi connectivity index (χ0v) is 11.2. The minimum atomic E-state index is -3.02. The molecule has 2 unspecified atom stereocenters. The third kappa shape index (κ3) is 3.22. The molecule has 1 aliphatic rings. The fourth-order valence-corrected chi connectivity index (χ4v) is 4.23. The highest BCUT2D eigenvalue weighted by molar-refractivity contribution is 7.91. The van der Waals surface area contributed by atoms with Crippen LogP contribution < -0.4 is 0 Å². The molecule has 1 aromatic carbocycles. The molecule has 1 aliphatic heterocycles. The van der Waals surface area contributed by atoms with Gasteiger partial charge in [0.1, 0.15) is 5.82 Å². The van der Waals surface area contributed by atoms with Crippen molar-refractivity contribution in [2.24, 2.45) is 5.92 Å². The molecule has 1 fully saturated rings. The van der Waals surface area contributed by atoms with Gasteiger partial charge in [0.05, 0.1) is 17.6 Å². The molecule has 6 heteroatoms. The van der Waals surface area contributed by atoms with Gasteiger partial charge in [-0.25, -0.2) is 12.8 Å². The van der Waals surface area contributed by atoms with Crippen molar-refractivity contribution in [3.8, 4) is 0 Å². The summed E-state index contributed by atoms with van der Waals surface area (Å²) in [6.07, 6.45) is -0.278. The van der Waals surface area contributed by atoms with E-state index in [0.29, 0.717) is 17.0 Å². The monoisotopic (exact) mass is 292 g/mol. The number of hydrogen-bond acceptors (Lipinski definition) is 3. The molecule has 18 heavy (non-hydrogen) atoms. The Labute approximate surface area is 111 Å². The van der Waals surface area contributed by atoms with Crippen LogP contribution in [-0.4, -0.2) is 31.1 Å². The summed E-state index contributed by atoms with van der Waals surface area (Å²) < 4.78 is 36.1. The van der Waals surface area contributed by atoms with Gasteiger partial charge in [-0.05, 0) is 24.1 Å². The van der Waals surface area contributed by atoms with E-state index in [2.05, 4.69) is 0 Å². The van der Waals surface area contributed by atoms with Gasteiger partial charge >= 0.3 is 0 Å². The van der Waals surface area contributed by atoms with E-state index in [4.69, 9.17) is 11.6 Å². The van der Waals surface area contributed by atoms with Crippen molar-refractivity contribution in [1.82, 2.24) is 0 Å². The van der Waals surface area contributed by atoms with E-state index < -0.39 is 21.8 Å². The molecular formula is C12H14ClFO3S. The van der Waals surface area contributed by atoms with Gasteiger partial charge < -0.3 is 5.11 Å². The minimum Gasteiger partial charge on any atom is -0.392 e. The fraction of sp³-hybridized carbons (Fsp3) is 0.500. The Kier molecular flexibility index (Phi) is 3.94. The first-order chi connectivity index (χ1) is 8.37. The third-order valence-electron chi connectivity index (χ3n) is 3.26. The predicted octanol–water partition coefficient (Wildman–Crippen LogP) is 1.82. The van der Waals surface area contributed by atoms with Gasteiger partial charge in [-0.1, -0.05) is 17.7 Å². The highest BCUT2D eigenvalue weighted by atomic mass is 35.5. The molecule has 0 amide bonds. The number of sulfone groups is 1. The number of aliphatic hydroxyl groups excluding tert-OH is 1. The van der Waals surface area contributed by atoms with Crippen LogP contribution in [-0.2, 0) is 16.3 Å². The lowest BCUT2D eigenvalue weighted by Gasteiger charge is -2.16. The summed E-state index contributed by atoms with van der Waals surface area (Å²) in [6.45, 7) is 0. The zero-order valence-electron chi connectivity index (χ0n) is 9.64. The van der Waals surface area contributed by atoms with Gasteiger partial charge in [0.15, 0.2) is 9.84 Å². The van der Waals surface area contributed by atoms with Crippen LogP contribution in [0.4, 0.5) is 4.39 Å². The van der Waals surface area contributed by atoms with E-state index in [-0.39, 0.29) is 23.8 Å². The van der Waals surface area contributed by atoms with Crippen molar-refractivity contribution >= 4 is 21.4 Å². The van der Waals surface area contributed by atoms with Crippen LogP contribution >= 0.6 is 11.6 Å². The Morgan fingerprint density at radius 3 is 2.78 bits per heavy atom. The maximum absolute atomic E-state index is 13.5. The molecule has 1 aromatic rings. The van der Waals surface area contributed by atoms with Crippen molar-refractivity contribution in [2.45, 2.75) is 18.9 Å². The normalized spacial score (nSPS) is 24.1. The Bertz CT molecular complexity index is 544. The Morgan fingerprint density at radius 1 is 1.50 bits per heavy atom. The first-order valence-corrected chi connectivity index (χ1v) is 7.90. The molecular weight excluding hydrogens is 279 g/mol. The first kappa shape index (κ1) is 13.8. The van der Waals surface area contributed by atoms with Crippen molar-refractivity contribution in [3.63, 3.8) is 0 Å². The zero-order chi connectivity index (χ0) is 13.3. The van der Waals surface area contributed by atoms with Gasteiger partial charge in [-0.3, -0.25) is 0 Å². The summed E-state index contributed by atoms with van der Waals surface area (Å²) in [5.41, 5.74) is 0.358. The minimum absolute atomic E-state index is 0.0105. The van der Waals surface area contributed by atoms with Gasteiger partial charge in [0.25, 0.3) is 0 Å². The molecule has 0 spiro atoms. The second-order valence-corrected chi connectivity index (χ2v) is 7.34. The Morgan fingerprint density at radius 2 is 2.22 bits per heavy atom. The maximum atomic E-state index is 13.5. The van der Waals surface area contributed by atoms with Crippen molar-refractivity contribution < 1.29 is 17.9 Å². The number of aliphatic hydroxyl groups is 1. The van der Waals surface area contributed by atoms with Crippen LogP contribution in [0.5, 0.6) is 0 Å². The average Bonchev–Trinajstić information content (AvgIpc) is 2.63. The van der Waals surface area contributed by atoms with Crippen molar-refractivity contribution in [1.29, 1.82) is 0 Å². The maximum Gasteiger partial charge on any atom is 0.150 e. The highest BCUT2D eigenvalue weighted by Gasteiger charge is 2.33. The second kappa shape index (κ2) is 5.15. The molecule has 100 valence electrons. The summed E-state index contributed by atoms with van der Waals surface area (Å²) in [6, 6.07) is 4.26. The summed E-state index contributed by atoms with van der Waals surface area (Å²) in [5.74, 6) is -0.672. The molecule has 0 aliphatic carbocycles. The molecule has 2 rings (SSSR count). The molecule has 1 N–H and O–H groups in total. The van der Waals surface area contributed by atoms with Gasteiger partial charge in [0.2, 0.25) is 0 Å². The smallest absolute Gasteiger partial charge is 0.150 e. The third-order valence-corrected chi connectivity index (χ3v) is 5.28. The van der Waals surface area contributed by atoms with E-state index in [1.54, 1.807) is 6.07 Å². The average molecular weight is 293 g/mol. The fourth-order valence-electron chi connectivity index (χ4n) is 2.21. The van der Waals surface area contributed by atoms with E-state index in [1.165, 1.54) is 12.1 Å². The second-order valence-electron chi connectivity index (χ2n) is 4.67. The van der Waals surface area contributed by atoms with Crippen LogP contribution in [0.2, 0.25) is 5.02 Å². The topological polar surface area (TPSA) is 54.4 Å². The Balaban J connectivity index is 2.05. The number of halogens is 2. The lowest BCUT2D eigenvalue weighted by molar-refractivity contribution is 0.119. The first-order valence-electron chi connectivity index (χ1n) is 5.70. The van der Waals surface area contributed by atoms with Gasteiger partial charge in [0, 0.05) is 17.4 Å². The largest absolute Gasteiger partial charge is 0.392 e. The van der Waals surface area contributed by atoms with Crippen LogP contribution in [0.15, 0.2) is 18.2 Å². The molecule has 0 aromatic heterocycles. The van der Waals surface area contributed by atoms with Crippen LogP contribution in [0.25, 0.3) is 0 Å². The SMILES string of the molecule is O=S1(=O)CCC(C(O)Cc2ccc(Cl)cc2F)C1. The molecule has 1 saturated heterocycles. The molecule has 0 bridgehead atoms. The summed E-state index contributed by atoms with van der Waals surface area (Å²) >= 11 is 5.64. The lowest BCUT2D eigenvalue weighted by Crippen LogP contribution is -2.24. The highest BCUT2D eigenvalue weighted by Crippen LogP contribution is 2.25. The van der Waals surface area contributed by atoms with Crippen LogP contribution in [0, 0.1) is 11.7 Å². The quantitative estimate of drug-likeness (QED) is 0.924. The van der Waals surface area contributed by atoms with E-state index in [1.807, 2.05) is 0 Å². The molecule has 0 saturated carbocycles. The van der Waals surface area contributed by atoms with E-state index in [9.17, 15) is 17.9 Å². The summed E-state index contributed by atoms with van der Waals surface area (Å²) in [5, 5.41) is 10.3. The standard InChI is InChI=1S/C12H14ClFO3S/c13-10-2-1-8(11(14)6-10)5-12(15)9-3-4-18(16,17)7-9/h1-2,6,9,12,15H,3-5,7H2. The van der Waals surface area contributed by atoms with Crippen LogP contribution in [0.3, 0.4) is 0 Å². The number of hydrogen-bond donors (Lipinski definition) is 1. The summed E-state index contributed by atoms with van der Waals surface area (Å²) in [4.78, 5) is 0. The van der Waals surface area contributed by atoms with Gasteiger partial charge in [-0.2, -0.15) is 0 Å². The van der Waals surface area contributed by atoms with E-state index in [0.717, 1.165) is 0 Å². The molecule has 1 heterocycles. The van der Waals surface area contributed by atoms with E-state index >= 15 is 0 Å². The number of rotatable bonds is 3. The molecule has 2 atom stereocenters. The van der Waals surface area contributed by atoms with Crippen molar-refractivity contribution in [3.05, 3.63) is 34.6 Å². The molecule has 0 radical (unpaired) electrons. The van der Waals surface area contributed by atoms with Gasteiger partial charge in [-0.15, -0.1) is 0 Å². The number of benzene rings is 1. The Hall–Kier alpha value is -0.650. The summed E-state index contributed by atoms with van der Waals surface area (Å²) in [7, 11) is -3.02. The van der Waals surface area contributed by atoms with Crippen molar-refractivity contribution in [2.75, 3.05) is 11.5 Å². The van der Waals surface area contributed by atoms with Crippen LogP contribution in [0.1, 0.15) is 12.0 Å².